The molecule has 2 heteroatoms. The van der Waals surface area contributed by atoms with Crippen LogP contribution in [-0.2, 0) is 0 Å². The molecule has 1 saturated heterocycles. The van der Waals surface area contributed by atoms with Gasteiger partial charge in [0.1, 0.15) is 0 Å². The molecule has 15 heavy (non-hydrogen) atoms. The number of piperidine rings is 1. The first-order valence-corrected chi connectivity index (χ1v) is 6.72. The third-order valence-electron chi connectivity index (χ3n) is 3.42. The highest BCUT2D eigenvalue weighted by Crippen LogP contribution is 2.18. The molecular formula is C13H28N2. The Labute approximate surface area is 95.4 Å². The average molecular weight is 212 g/mol. The molecule has 0 unspecified atom stereocenters. The van der Waals surface area contributed by atoms with Crippen molar-refractivity contribution in [1.29, 1.82) is 0 Å². The first kappa shape index (κ1) is 13.0. The molecule has 1 heterocycles. The van der Waals surface area contributed by atoms with E-state index in [4.69, 9.17) is 0 Å². The van der Waals surface area contributed by atoms with E-state index in [2.05, 4.69) is 31.0 Å². The van der Waals surface area contributed by atoms with Crippen molar-refractivity contribution in [3.05, 3.63) is 0 Å². The minimum absolute atomic E-state index is 0.711. The lowest BCUT2D eigenvalue weighted by molar-refractivity contribution is 0.110. The molecule has 1 fully saturated rings. The number of nitrogens with one attached hydrogen (secondary N) is 1. The van der Waals surface area contributed by atoms with E-state index >= 15 is 0 Å². The van der Waals surface area contributed by atoms with Crippen LogP contribution in [0, 0.1) is 0 Å². The van der Waals surface area contributed by atoms with Crippen LogP contribution in [-0.4, -0.2) is 36.6 Å². The van der Waals surface area contributed by atoms with Gasteiger partial charge in [0, 0.05) is 18.6 Å². The third-order valence-corrected chi connectivity index (χ3v) is 3.42. The molecular weight excluding hydrogens is 184 g/mol. The minimum atomic E-state index is 0.711. The van der Waals surface area contributed by atoms with Crippen LogP contribution >= 0.6 is 0 Å². The lowest BCUT2D eigenvalue weighted by atomic mass is 10.0. The fraction of sp³-hybridized carbons (Fsp3) is 1.00. The summed E-state index contributed by atoms with van der Waals surface area (Å²) in [6.45, 7) is 10.6. The van der Waals surface area contributed by atoms with Crippen molar-refractivity contribution in [3.8, 4) is 0 Å². The highest BCUT2D eigenvalue weighted by molar-refractivity contribution is 4.80. The van der Waals surface area contributed by atoms with Crippen LogP contribution in [0.3, 0.4) is 0 Å². The summed E-state index contributed by atoms with van der Waals surface area (Å²) in [5, 5.41) is 3.60. The van der Waals surface area contributed by atoms with Crippen molar-refractivity contribution in [2.75, 3.05) is 19.6 Å². The SMILES string of the molecule is CCCCNC[C@H]1CCCCN1C(C)C. The largest absolute Gasteiger partial charge is 0.315 e. The Balaban J connectivity index is 2.23. The van der Waals surface area contributed by atoms with Crippen LogP contribution in [0.2, 0.25) is 0 Å². The first-order valence-electron chi connectivity index (χ1n) is 6.72. The molecule has 2 nitrogen and oxygen atoms in total. The van der Waals surface area contributed by atoms with Crippen molar-refractivity contribution in [2.45, 2.75) is 65.0 Å². The second kappa shape index (κ2) is 7.24. The molecule has 0 radical (unpaired) electrons. The zero-order valence-corrected chi connectivity index (χ0v) is 10.8. The Kier molecular flexibility index (Phi) is 6.26. The molecule has 90 valence electrons. The lowest BCUT2D eigenvalue weighted by Crippen LogP contribution is -2.48. The molecule has 1 rings (SSSR count). The zero-order valence-electron chi connectivity index (χ0n) is 10.8. The topological polar surface area (TPSA) is 15.3 Å². The molecule has 0 aromatic carbocycles. The highest BCUT2D eigenvalue weighted by atomic mass is 15.2. The quantitative estimate of drug-likeness (QED) is 0.681. The molecule has 0 saturated carbocycles. The molecule has 1 atom stereocenters. The summed E-state index contributed by atoms with van der Waals surface area (Å²) < 4.78 is 0. The van der Waals surface area contributed by atoms with Gasteiger partial charge in [-0.1, -0.05) is 19.8 Å². The molecule has 1 aliphatic rings. The van der Waals surface area contributed by atoms with Crippen molar-refractivity contribution >= 4 is 0 Å². The van der Waals surface area contributed by atoms with Crippen LogP contribution < -0.4 is 5.32 Å². The van der Waals surface area contributed by atoms with Crippen LogP contribution in [0.5, 0.6) is 0 Å². The summed E-state index contributed by atoms with van der Waals surface area (Å²) in [6.07, 6.45) is 6.81. The third kappa shape index (κ3) is 4.52. The lowest BCUT2D eigenvalue weighted by Gasteiger charge is -2.38. The fourth-order valence-corrected chi connectivity index (χ4v) is 2.49. The molecule has 0 amide bonds. The Hall–Kier alpha value is -0.0800. The van der Waals surface area contributed by atoms with Gasteiger partial charge < -0.3 is 5.32 Å². The molecule has 0 spiro atoms. The predicted molar refractivity (Wildman–Crippen MR) is 67.3 cm³/mol. The summed E-state index contributed by atoms with van der Waals surface area (Å²) in [6, 6.07) is 1.50. The Morgan fingerprint density at radius 1 is 1.33 bits per heavy atom. The van der Waals surface area contributed by atoms with Gasteiger partial charge in [-0.15, -0.1) is 0 Å². The standard InChI is InChI=1S/C13H28N2/c1-4-5-9-14-11-13-8-6-7-10-15(13)12(2)3/h12-14H,4-11H2,1-3H3/t13-/m1/s1. The van der Waals surface area contributed by atoms with Gasteiger partial charge in [0.2, 0.25) is 0 Å². The van der Waals surface area contributed by atoms with Crippen molar-refractivity contribution in [3.63, 3.8) is 0 Å². The van der Waals surface area contributed by atoms with Gasteiger partial charge in [-0.25, -0.2) is 0 Å². The summed E-state index contributed by atoms with van der Waals surface area (Å²) in [4.78, 5) is 2.67. The molecule has 0 bridgehead atoms. The molecule has 1 aliphatic heterocycles. The smallest absolute Gasteiger partial charge is 0.0223 e. The van der Waals surface area contributed by atoms with Crippen LogP contribution in [0.15, 0.2) is 0 Å². The minimum Gasteiger partial charge on any atom is -0.315 e. The number of nitrogens with zero attached hydrogens (tertiary/aromatic N) is 1. The van der Waals surface area contributed by atoms with E-state index in [0.717, 1.165) is 6.04 Å². The Morgan fingerprint density at radius 2 is 2.13 bits per heavy atom. The molecule has 0 aliphatic carbocycles. The Bertz CT molecular complexity index is 157. The number of hydrogen-bond acceptors (Lipinski definition) is 2. The van der Waals surface area contributed by atoms with Gasteiger partial charge in [-0.05, 0) is 46.2 Å². The number of rotatable bonds is 6. The van der Waals surface area contributed by atoms with Gasteiger partial charge in [0.25, 0.3) is 0 Å². The van der Waals surface area contributed by atoms with E-state index in [-0.39, 0.29) is 0 Å². The predicted octanol–water partition coefficient (Wildman–Crippen LogP) is 2.64. The second-order valence-electron chi connectivity index (χ2n) is 5.04. The van der Waals surface area contributed by atoms with Gasteiger partial charge >= 0.3 is 0 Å². The van der Waals surface area contributed by atoms with Crippen LogP contribution in [0.1, 0.15) is 52.9 Å². The average Bonchev–Trinajstić information content (AvgIpc) is 2.25. The Morgan fingerprint density at radius 3 is 2.80 bits per heavy atom. The fourth-order valence-electron chi connectivity index (χ4n) is 2.49. The van der Waals surface area contributed by atoms with Gasteiger partial charge in [-0.3, -0.25) is 4.90 Å². The number of likely N-dealkylation sites (tertiary alicyclic amines) is 1. The van der Waals surface area contributed by atoms with E-state index < -0.39 is 0 Å². The van der Waals surface area contributed by atoms with Crippen molar-refractivity contribution < 1.29 is 0 Å². The van der Waals surface area contributed by atoms with Gasteiger partial charge in [0.05, 0.1) is 0 Å². The van der Waals surface area contributed by atoms with E-state index in [1.807, 2.05) is 0 Å². The van der Waals surface area contributed by atoms with Crippen LogP contribution in [0.25, 0.3) is 0 Å². The molecule has 0 aromatic heterocycles. The number of unbranched alkanes of at least 4 members (excludes halogenated alkanes) is 1. The summed E-state index contributed by atoms with van der Waals surface area (Å²) in [5.41, 5.74) is 0. The van der Waals surface area contributed by atoms with E-state index in [1.165, 1.54) is 51.7 Å². The monoisotopic (exact) mass is 212 g/mol. The molecule has 1 N–H and O–H groups in total. The maximum absolute atomic E-state index is 3.60. The van der Waals surface area contributed by atoms with Gasteiger partial charge in [0.15, 0.2) is 0 Å². The zero-order chi connectivity index (χ0) is 11.1. The van der Waals surface area contributed by atoms with Crippen LogP contribution in [0.4, 0.5) is 0 Å². The van der Waals surface area contributed by atoms with E-state index in [0.29, 0.717) is 6.04 Å². The first-order chi connectivity index (χ1) is 7.25. The normalized spacial score (nSPS) is 23.6. The summed E-state index contributed by atoms with van der Waals surface area (Å²) >= 11 is 0. The van der Waals surface area contributed by atoms with E-state index in [9.17, 15) is 0 Å². The van der Waals surface area contributed by atoms with Gasteiger partial charge in [-0.2, -0.15) is 0 Å². The van der Waals surface area contributed by atoms with E-state index in [1.54, 1.807) is 0 Å². The maximum atomic E-state index is 3.60. The second-order valence-corrected chi connectivity index (χ2v) is 5.04. The number of hydrogen-bond donors (Lipinski definition) is 1. The highest BCUT2D eigenvalue weighted by Gasteiger charge is 2.23. The summed E-state index contributed by atoms with van der Waals surface area (Å²) in [5.74, 6) is 0. The van der Waals surface area contributed by atoms with Crippen molar-refractivity contribution in [2.24, 2.45) is 0 Å². The van der Waals surface area contributed by atoms with Crippen molar-refractivity contribution in [1.82, 2.24) is 10.2 Å². The molecule has 0 aromatic rings. The maximum Gasteiger partial charge on any atom is 0.0223 e. The summed E-state index contributed by atoms with van der Waals surface area (Å²) in [7, 11) is 0.